The standard InChI is InChI=1S/C18H29N4O8P/c1-11(2)22(12(3)4)31(27,28-9-5-7-19)30-16-13(10-23)29-17(15(16)25)21-8-6-14(24)20-18(21)26/h6,8,11-13,15-17,23,25,27H,5,9-10H2,1-4H3/p+1/t13-,15-,16-,17-,31?/m1/s1. The molecule has 1 aromatic heterocycles. The van der Waals surface area contributed by atoms with E-state index in [1.807, 2.05) is 33.8 Å². The van der Waals surface area contributed by atoms with Gasteiger partial charge in [0.2, 0.25) is 0 Å². The smallest absolute Gasteiger partial charge is 0.394 e. The molecular formula is C18H30N4O8P+. The summed E-state index contributed by atoms with van der Waals surface area (Å²) < 4.78 is 19.7. The van der Waals surface area contributed by atoms with Crippen molar-refractivity contribution in [3.63, 3.8) is 0 Å². The molecule has 1 saturated heterocycles. The van der Waals surface area contributed by atoms with Gasteiger partial charge in [0.1, 0.15) is 18.8 Å². The number of aliphatic hydroxyl groups excluding tert-OH is 2. The van der Waals surface area contributed by atoms with Crippen molar-refractivity contribution in [3.8, 4) is 6.07 Å². The van der Waals surface area contributed by atoms with Gasteiger partial charge in [-0.05, 0) is 27.7 Å². The van der Waals surface area contributed by atoms with Gasteiger partial charge < -0.3 is 14.9 Å². The molecule has 1 aliphatic heterocycles. The van der Waals surface area contributed by atoms with Gasteiger partial charge in [0, 0.05) is 24.3 Å². The molecule has 0 aromatic carbocycles. The number of aromatic nitrogens is 2. The second kappa shape index (κ2) is 10.8. The van der Waals surface area contributed by atoms with Gasteiger partial charge in [0.05, 0.1) is 19.1 Å². The summed E-state index contributed by atoms with van der Waals surface area (Å²) in [4.78, 5) is 36.9. The summed E-state index contributed by atoms with van der Waals surface area (Å²) in [7, 11) is -3.81. The predicted molar refractivity (Wildman–Crippen MR) is 111 cm³/mol. The van der Waals surface area contributed by atoms with E-state index in [1.165, 1.54) is 0 Å². The van der Waals surface area contributed by atoms with Crippen LogP contribution in [0.5, 0.6) is 0 Å². The number of hydrogen-bond donors (Lipinski definition) is 4. The van der Waals surface area contributed by atoms with Gasteiger partial charge in [-0.3, -0.25) is 14.3 Å². The van der Waals surface area contributed by atoms with Crippen LogP contribution in [-0.4, -0.2) is 72.9 Å². The lowest BCUT2D eigenvalue weighted by Crippen LogP contribution is -2.44. The number of aromatic amines is 1. The number of H-pyrrole nitrogens is 1. The third-order valence-electron chi connectivity index (χ3n) is 4.70. The monoisotopic (exact) mass is 461 g/mol. The molecule has 1 fully saturated rings. The Morgan fingerprint density at radius 1 is 1.35 bits per heavy atom. The summed E-state index contributed by atoms with van der Waals surface area (Å²) in [6, 6.07) is 2.58. The maximum Gasteiger partial charge on any atom is 0.502 e. The highest BCUT2D eigenvalue weighted by molar-refractivity contribution is 7.58. The average molecular weight is 461 g/mol. The lowest BCUT2D eigenvalue weighted by molar-refractivity contribution is -0.0555. The van der Waals surface area contributed by atoms with Crippen LogP contribution in [-0.2, 0) is 13.8 Å². The van der Waals surface area contributed by atoms with Crippen LogP contribution in [0.15, 0.2) is 21.9 Å². The lowest BCUT2D eigenvalue weighted by atomic mass is 10.1. The maximum absolute atomic E-state index is 12.1. The molecule has 13 heteroatoms. The van der Waals surface area contributed by atoms with Crippen molar-refractivity contribution in [2.45, 2.75) is 70.7 Å². The zero-order valence-electron chi connectivity index (χ0n) is 17.9. The zero-order valence-corrected chi connectivity index (χ0v) is 18.8. The van der Waals surface area contributed by atoms with E-state index >= 15 is 0 Å². The molecule has 5 atom stereocenters. The van der Waals surface area contributed by atoms with Crippen molar-refractivity contribution >= 4 is 8.09 Å². The van der Waals surface area contributed by atoms with E-state index in [0.29, 0.717) is 0 Å². The minimum Gasteiger partial charge on any atom is -0.394 e. The highest BCUT2D eigenvalue weighted by Gasteiger charge is 2.59. The fraction of sp³-hybridized carbons (Fsp3) is 0.722. The van der Waals surface area contributed by atoms with Crippen molar-refractivity contribution in [1.82, 2.24) is 14.2 Å². The Hall–Kier alpha value is -1.68. The minimum atomic E-state index is -3.81. The highest BCUT2D eigenvalue weighted by atomic mass is 31.2. The zero-order chi connectivity index (χ0) is 23.3. The minimum absolute atomic E-state index is 0.0121. The van der Waals surface area contributed by atoms with Crippen LogP contribution in [0.25, 0.3) is 0 Å². The van der Waals surface area contributed by atoms with E-state index in [-0.39, 0.29) is 25.1 Å². The first-order valence-corrected chi connectivity index (χ1v) is 11.4. The van der Waals surface area contributed by atoms with Gasteiger partial charge >= 0.3 is 13.8 Å². The van der Waals surface area contributed by atoms with E-state index in [0.717, 1.165) is 16.8 Å². The number of nitrogens with zero attached hydrogens (tertiary/aromatic N) is 3. The Kier molecular flexibility index (Phi) is 8.88. The molecule has 0 bridgehead atoms. The second-order valence-corrected chi connectivity index (χ2v) is 9.54. The quantitative estimate of drug-likeness (QED) is 0.272. The second-order valence-electron chi connectivity index (χ2n) is 7.63. The van der Waals surface area contributed by atoms with Gasteiger partial charge in [0.15, 0.2) is 12.3 Å². The summed E-state index contributed by atoms with van der Waals surface area (Å²) in [5.74, 6) is 0. The fourth-order valence-corrected chi connectivity index (χ4v) is 5.93. The first-order chi connectivity index (χ1) is 14.6. The van der Waals surface area contributed by atoms with E-state index in [2.05, 4.69) is 4.98 Å². The largest absolute Gasteiger partial charge is 0.502 e. The summed E-state index contributed by atoms with van der Waals surface area (Å²) in [6.07, 6.45) is -3.93. The van der Waals surface area contributed by atoms with Crippen molar-refractivity contribution < 1.29 is 28.9 Å². The third kappa shape index (κ3) is 5.77. The molecule has 0 aliphatic carbocycles. The summed E-state index contributed by atoms with van der Waals surface area (Å²) >= 11 is 0. The van der Waals surface area contributed by atoms with E-state index in [9.17, 15) is 24.7 Å². The topological polar surface area (TPSA) is 170 Å². The van der Waals surface area contributed by atoms with E-state index in [4.69, 9.17) is 19.0 Å². The van der Waals surface area contributed by atoms with Crippen LogP contribution in [0.3, 0.4) is 0 Å². The molecule has 174 valence electrons. The maximum atomic E-state index is 12.1. The van der Waals surface area contributed by atoms with Crippen molar-refractivity contribution in [2.75, 3.05) is 13.2 Å². The molecule has 2 rings (SSSR count). The van der Waals surface area contributed by atoms with E-state index in [1.54, 1.807) is 4.67 Å². The van der Waals surface area contributed by atoms with Crippen molar-refractivity contribution in [2.24, 2.45) is 0 Å². The van der Waals surface area contributed by atoms with Crippen molar-refractivity contribution in [3.05, 3.63) is 33.1 Å². The highest BCUT2D eigenvalue weighted by Crippen LogP contribution is 2.64. The van der Waals surface area contributed by atoms with Gasteiger partial charge in [-0.25, -0.2) is 4.79 Å². The number of aliphatic hydroxyl groups is 2. The molecule has 31 heavy (non-hydrogen) atoms. The molecule has 1 aliphatic rings. The molecule has 0 amide bonds. The molecule has 4 N–H and O–H groups in total. The number of hydrogen-bond acceptors (Lipinski definition) is 10. The molecule has 0 saturated carbocycles. The van der Waals surface area contributed by atoms with Gasteiger partial charge in [-0.1, -0.05) is 4.67 Å². The molecule has 0 spiro atoms. The molecule has 2 heterocycles. The normalized spacial score (nSPS) is 25.8. The fourth-order valence-electron chi connectivity index (χ4n) is 3.55. The Morgan fingerprint density at radius 3 is 2.52 bits per heavy atom. The SMILES string of the molecule is CC(C)N(C(C)C)[P+](O)(OCCC#N)O[C@H]1[C@@H](O)[C@H](n2ccc(=O)[nH]c2=O)O[C@@H]1CO. The van der Waals surface area contributed by atoms with Crippen LogP contribution in [0.1, 0.15) is 40.3 Å². The molecule has 1 aromatic rings. The number of ether oxygens (including phenoxy) is 1. The van der Waals surface area contributed by atoms with Crippen LogP contribution in [0, 0.1) is 11.3 Å². The Morgan fingerprint density at radius 2 is 2.00 bits per heavy atom. The Balaban J connectivity index is 2.38. The predicted octanol–water partition coefficient (Wildman–Crippen LogP) is -0.109. The number of rotatable bonds is 10. The van der Waals surface area contributed by atoms with E-state index < -0.39 is 50.5 Å². The van der Waals surface area contributed by atoms with Gasteiger partial charge in [-0.2, -0.15) is 19.2 Å². The molecule has 12 nitrogen and oxygen atoms in total. The first kappa shape index (κ1) is 25.6. The molecular weight excluding hydrogens is 431 g/mol. The van der Waals surface area contributed by atoms with Crippen LogP contribution in [0.2, 0.25) is 0 Å². The van der Waals surface area contributed by atoms with Crippen LogP contribution >= 0.6 is 8.09 Å². The number of nitriles is 1. The van der Waals surface area contributed by atoms with Crippen LogP contribution in [0.4, 0.5) is 0 Å². The molecule has 0 radical (unpaired) electrons. The summed E-state index contributed by atoms with van der Waals surface area (Å²) in [6.45, 7) is 6.64. The Bertz CT molecular complexity index is 876. The average Bonchev–Trinajstić information content (AvgIpc) is 2.97. The summed E-state index contributed by atoms with van der Waals surface area (Å²) in [5.41, 5.74) is -1.42. The Labute approximate surface area is 180 Å². The number of nitrogens with one attached hydrogen (secondary N) is 1. The summed E-state index contributed by atoms with van der Waals surface area (Å²) in [5, 5.41) is 29.5. The third-order valence-corrected chi connectivity index (χ3v) is 7.24. The van der Waals surface area contributed by atoms with Gasteiger partial charge in [0.25, 0.3) is 5.56 Å². The molecule has 1 unspecified atom stereocenters. The first-order valence-electron chi connectivity index (χ1n) is 9.92. The lowest BCUT2D eigenvalue weighted by Gasteiger charge is -2.34. The van der Waals surface area contributed by atoms with Crippen LogP contribution < -0.4 is 11.2 Å². The van der Waals surface area contributed by atoms with Crippen molar-refractivity contribution in [1.29, 1.82) is 5.26 Å². The van der Waals surface area contributed by atoms with Gasteiger partial charge in [-0.15, -0.1) is 0 Å².